The molecule has 100 valence electrons. The summed E-state index contributed by atoms with van der Waals surface area (Å²) >= 11 is 0. The molecule has 2 N–H and O–H groups in total. The molecule has 0 bridgehead atoms. The molecule has 1 atom stereocenters. The van der Waals surface area contributed by atoms with Crippen molar-refractivity contribution in [3.05, 3.63) is 29.8 Å². The van der Waals surface area contributed by atoms with Crippen LogP contribution < -0.4 is 4.72 Å². The first-order chi connectivity index (χ1) is 8.36. The Morgan fingerprint density at radius 1 is 1.39 bits per heavy atom. The second kappa shape index (κ2) is 5.94. The quantitative estimate of drug-likeness (QED) is 0.795. The Bertz CT molecular complexity index is 509. The van der Waals surface area contributed by atoms with Gasteiger partial charge in [-0.1, -0.05) is 0 Å². The minimum atomic E-state index is -3.63. The summed E-state index contributed by atoms with van der Waals surface area (Å²) < 4.78 is 30.9. The fourth-order valence-electron chi connectivity index (χ4n) is 1.17. The fraction of sp³-hybridized carbons (Fsp3) is 0.364. The smallest absolute Gasteiger partial charge is 0.335 e. The van der Waals surface area contributed by atoms with Gasteiger partial charge in [-0.2, -0.15) is 0 Å². The summed E-state index contributed by atoms with van der Waals surface area (Å²) in [6, 6.07) is 5.00. The van der Waals surface area contributed by atoms with E-state index in [1.807, 2.05) is 0 Å². The van der Waals surface area contributed by atoms with E-state index < -0.39 is 16.0 Å². The van der Waals surface area contributed by atoms with E-state index in [4.69, 9.17) is 9.84 Å². The van der Waals surface area contributed by atoms with E-state index >= 15 is 0 Å². The standard InChI is InChI=1S/C11H15NO5S/c1-8(17-2)7-12-18(15,16)10-5-3-9(4-6-10)11(13)14/h3-6,8,12H,7H2,1-2H3,(H,13,14). The average Bonchev–Trinajstić information content (AvgIpc) is 2.36. The molecule has 0 saturated carbocycles. The van der Waals surface area contributed by atoms with Crippen LogP contribution in [0.15, 0.2) is 29.2 Å². The van der Waals surface area contributed by atoms with Gasteiger partial charge in [0.1, 0.15) is 0 Å². The first-order valence-corrected chi connectivity index (χ1v) is 6.71. The van der Waals surface area contributed by atoms with Gasteiger partial charge in [-0.3, -0.25) is 0 Å². The number of rotatable bonds is 6. The molecule has 18 heavy (non-hydrogen) atoms. The number of ether oxygens (including phenoxy) is 1. The monoisotopic (exact) mass is 273 g/mol. The van der Waals surface area contributed by atoms with E-state index in [9.17, 15) is 13.2 Å². The third-order valence-electron chi connectivity index (χ3n) is 2.37. The number of hydrogen-bond donors (Lipinski definition) is 2. The molecule has 0 aliphatic rings. The number of aromatic carboxylic acids is 1. The van der Waals surface area contributed by atoms with Gasteiger partial charge in [-0.05, 0) is 31.2 Å². The number of carboxylic acids is 1. The predicted octanol–water partition coefficient (Wildman–Crippen LogP) is 0.698. The van der Waals surface area contributed by atoms with Crippen LogP contribution in [0.4, 0.5) is 0 Å². The van der Waals surface area contributed by atoms with Crippen molar-refractivity contribution in [1.29, 1.82) is 0 Å². The molecule has 0 radical (unpaired) electrons. The molecule has 0 amide bonds. The molecule has 1 aromatic rings. The first kappa shape index (κ1) is 14.6. The van der Waals surface area contributed by atoms with Gasteiger partial charge in [-0.15, -0.1) is 0 Å². The highest BCUT2D eigenvalue weighted by Gasteiger charge is 2.15. The number of carboxylic acid groups (broad SMARTS) is 1. The van der Waals surface area contributed by atoms with Crippen LogP contribution in [0.3, 0.4) is 0 Å². The van der Waals surface area contributed by atoms with Crippen molar-refractivity contribution in [3.63, 3.8) is 0 Å². The molecular formula is C11H15NO5S. The van der Waals surface area contributed by atoms with Gasteiger partial charge < -0.3 is 9.84 Å². The van der Waals surface area contributed by atoms with Crippen LogP contribution in [-0.2, 0) is 14.8 Å². The SMILES string of the molecule is COC(C)CNS(=O)(=O)c1ccc(C(=O)O)cc1. The van der Waals surface area contributed by atoms with Crippen LogP contribution in [0.5, 0.6) is 0 Å². The Labute approximate surface area is 106 Å². The van der Waals surface area contributed by atoms with E-state index in [2.05, 4.69) is 4.72 Å². The Balaban J connectivity index is 2.82. The Hall–Kier alpha value is -1.44. The lowest BCUT2D eigenvalue weighted by Crippen LogP contribution is -2.31. The molecule has 0 heterocycles. The summed E-state index contributed by atoms with van der Waals surface area (Å²) in [5.74, 6) is -1.10. The van der Waals surface area contributed by atoms with Crippen molar-refractivity contribution in [1.82, 2.24) is 4.72 Å². The molecule has 0 spiro atoms. The van der Waals surface area contributed by atoms with Crippen LogP contribution in [0.1, 0.15) is 17.3 Å². The summed E-state index contributed by atoms with van der Waals surface area (Å²) in [6.07, 6.45) is -0.238. The third-order valence-corrected chi connectivity index (χ3v) is 3.81. The lowest BCUT2D eigenvalue weighted by molar-refractivity contribution is 0.0696. The van der Waals surface area contributed by atoms with Crippen molar-refractivity contribution < 1.29 is 23.1 Å². The number of nitrogens with one attached hydrogen (secondary N) is 1. The molecule has 0 saturated heterocycles. The van der Waals surface area contributed by atoms with E-state index in [-0.39, 0.29) is 23.1 Å². The Morgan fingerprint density at radius 2 is 1.94 bits per heavy atom. The van der Waals surface area contributed by atoms with Gasteiger partial charge >= 0.3 is 5.97 Å². The van der Waals surface area contributed by atoms with Gasteiger partial charge in [-0.25, -0.2) is 17.9 Å². The average molecular weight is 273 g/mol. The highest BCUT2D eigenvalue weighted by Crippen LogP contribution is 2.10. The van der Waals surface area contributed by atoms with Crippen molar-refractivity contribution in [2.24, 2.45) is 0 Å². The second-order valence-electron chi connectivity index (χ2n) is 3.73. The van der Waals surface area contributed by atoms with Gasteiger partial charge in [0.15, 0.2) is 0 Å². The highest BCUT2D eigenvalue weighted by molar-refractivity contribution is 7.89. The first-order valence-electron chi connectivity index (χ1n) is 5.22. The number of methoxy groups -OCH3 is 1. The van der Waals surface area contributed by atoms with Crippen molar-refractivity contribution in [2.45, 2.75) is 17.9 Å². The highest BCUT2D eigenvalue weighted by atomic mass is 32.2. The zero-order valence-corrected chi connectivity index (χ0v) is 10.9. The largest absolute Gasteiger partial charge is 0.478 e. The van der Waals surface area contributed by atoms with Crippen LogP contribution in [0.25, 0.3) is 0 Å². The van der Waals surface area contributed by atoms with Crippen LogP contribution >= 0.6 is 0 Å². The number of hydrogen-bond acceptors (Lipinski definition) is 4. The topological polar surface area (TPSA) is 92.7 Å². The lowest BCUT2D eigenvalue weighted by atomic mass is 10.2. The lowest BCUT2D eigenvalue weighted by Gasteiger charge is -2.11. The summed E-state index contributed by atoms with van der Waals surface area (Å²) in [4.78, 5) is 10.7. The van der Waals surface area contributed by atoms with Crippen LogP contribution in [-0.4, -0.2) is 39.3 Å². The minimum Gasteiger partial charge on any atom is -0.478 e. The molecule has 0 fully saturated rings. The molecule has 0 aliphatic carbocycles. The molecule has 1 rings (SSSR count). The van der Waals surface area contributed by atoms with Crippen molar-refractivity contribution >= 4 is 16.0 Å². The van der Waals surface area contributed by atoms with Crippen LogP contribution in [0, 0.1) is 0 Å². The second-order valence-corrected chi connectivity index (χ2v) is 5.49. The molecule has 6 nitrogen and oxygen atoms in total. The number of benzene rings is 1. The number of sulfonamides is 1. The summed E-state index contributed by atoms with van der Waals surface area (Å²) in [5, 5.41) is 8.70. The van der Waals surface area contributed by atoms with Gasteiger partial charge in [0.05, 0.1) is 16.6 Å². The summed E-state index contributed by atoms with van der Waals surface area (Å²) in [5.41, 5.74) is 0.0409. The predicted molar refractivity (Wildman–Crippen MR) is 65.1 cm³/mol. The maximum absolute atomic E-state index is 11.8. The van der Waals surface area contributed by atoms with E-state index in [0.29, 0.717) is 0 Å². The van der Waals surface area contributed by atoms with E-state index in [1.165, 1.54) is 31.4 Å². The molecule has 0 aromatic heterocycles. The van der Waals surface area contributed by atoms with Crippen molar-refractivity contribution in [2.75, 3.05) is 13.7 Å². The fourth-order valence-corrected chi connectivity index (χ4v) is 2.29. The zero-order valence-electron chi connectivity index (χ0n) is 10.1. The molecular weight excluding hydrogens is 258 g/mol. The molecule has 0 aliphatic heterocycles. The van der Waals surface area contributed by atoms with E-state index in [0.717, 1.165) is 0 Å². The Morgan fingerprint density at radius 3 is 2.39 bits per heavy atom. The van der Waals surface area contributed by atoms with E-state index in [1.54, 1.807) is 6.92 Å². The minimum absolute atomic E-state index is 0.0239. The van der Waals surface area contributed by atoms with Crippen LogP contribution in [0.2, 0.25) is 0 Å². The van der Waals surface area contributed by atoms with Gasteiger partial charge in [0, 0.05) is 13.7 Å². The normalized spacial score (nSPS) is 13.2. The van der Waals surface area contributed by atoms with Gasteiger partial charge in [0.25, 0.3) is 0 Å². The summed E-state index contributed by atoms with van der Waals surface area (Å²) in [6.45, 7) is 1.88. The number of carbonyl (C=O) groups is 1. The third kappa shape index (κ3) is 3.80. The maximum Gasteiger partial charge on any atom is 0.335 e. The molecule has 7 heteroatoms. The zero-order chi connectivity index (χ0) is 13.8. The van der Waals surface area contributed by atoms with Gasteiger partial charge in [0.2, 0.25) is 10.0 Å². The Kier molecular flexibility index (Phi) is 4.83. The molecule has 1 unspecified atom stereocenters. The summed E-state index contributed by atoms with van der Waals surface area (Å²) in [7, 11) is -2.14. The maximum atomic E-state index is 11.8. The molecule has 1 aromatic carbocycles. The van der Waals surface area contributed by atoms with Crippen molar-refractivity contribution in [3.8, 4) is 0 Å².